The van der Waals surface area contributed by atoms with Crippen LogP contribution in [0.15, 0.2) is 46.8 Å². The second kappa shape index (κ2) is 7.13. The molecule has 3 aromatic rings. The van der Waals surface area contributed by atoms with Gasteiger partial charge in [0.25, 0.3) is 11.8 Å². The van der Waals surface area contributed by atoms with Crippen molar-refractivity contribution in [3.8, 4) is 0 Å². The largest absolute Gasteiger partial charge is 0.465 e. The minimum Gasteiger partial charge on any atom is -0.465 e. The highest BCUT2D eigenvalue weighted by atomic mass is 32.2. The summed E-state index contributed by atoms with van der Waals surface area (Å²) in [5.41, 5.74) is 2.10. The van der Waals surface area contributed by atoms with Crippen LogP contribution in [0.4, 0.5) is 5.69 Å². The van der Waals surface area contributed by atoms with Gasteiger partial charge in [0, 0.05) is 0 Å². The van der Waals surface area contributed by atoms with E-state index < -0.39 is 0 Å². The Hall–Kier alpha value is -2.71. The van der Waals surface area contributed by atoms with E-state index >= 15 is 0 Å². The fraction of sp³-hybridized carbons (Fsp3) is 0.158. The summed E-state index contributed by atoms with van der Waals surface area (Å²) in [5, 5.41) is 0. The molecule has 2 heterocycles. The van der Waals surface area contributed by atoms with Gasteiger partial charge in [-0.15, -0.1) is 11.3 Å². The summed E-state index contributed by atoms with van der Waals surface area (Å²) < 4.78 is 6.49. The van der Waals surface area contributed by atoms with Crippen LogP contribution in [0.25, 0.3) is 10.2 Å². The highest BCUT2D eigenvalue weighted by Crippen LogP contribution is 2.34. The monoisotopic (exact) mass is 398 g/mol. The number of benzene rings is 2. The van der Waals surface area contributed by atoms with Crippen molar-refractivity contribution < 1.29 is 19.1 Å². The zero-order valence-electron chi connectivity index (χ0n) is 14.3. The van der Waals surface area contributed by atoms with Crippen LogP contribution in [0, 0.1) is 0 Å². The summed E-state index contributed by atoms with van der Waals surface area (Å²) in [6, 6.07) is 12.1. The maximum Gasteiger partial charge on any atom is 0.316 e. The standard InChI is InChI=1S/C19H14N2O4S2/c1-2-25-16(22)10-26-19-20-14-8-7-11(9-15(14)27-19)21-17(23)12-5-3-4-6-13(12)18(21)24/h3-9H,2,10H2,1H3. The molecule has 2 aromatic carbocycles. The summed E-state index contributed by atoms with van der Waals surface area (Å²) in [4.78, 5) is 42.4. The maximum atomic E-state index is 12.6. The first-order valence-corrected chi connectivity index (χ1v) is 10.1. The van der Waals surface area contributed by atoms with E-state index in [2.05, 4.69) is 4.98 Å². The average Bonchev–Trinajstić information content (AvgIpc) is 3.19. The Morgan fingerprint density at radius 3 is 2.52 bits per heavy atom. The molecule has 0 aliphatic carbocycles. The van der Waals surface area contributed by atoms with Crippen LogP contribution in [0.5, 0.6) is 0 Å². The van der Waals surface area contributed by atoms with Gasteiger partial charge in [-0.25, -0.2) is 9.88 Å². The molecule has 1 aliphatic rings. The van der Waals surface area contributed by atoms with Crippen molar-refractivity contribution in [2.24, 2.45) is 0 Å². The molecule has 136 valence electrons. The van der Waals surface area contributed by atoms with Crippen LogP contribution in [0.3, 0.4) is 0 Å². The molecular formula is C19H14N2O4S2. The summed E-state index contributed by atoms with van der Waals surface area (Å²) >= 11 is 2.72. The highest BCUT2D eigenvalue weighted by Gasteiger charge is 2.36. The number of imide groups is 1. The molecule has 0 unspecified atom stereocenters. The second-order valence-corrected chi connectivity index (χ2v) is 7.97. The summed E-state index contributed by atoms with van der Waals surface area (Å²) in [5.74, 6) is -0.736. The summed E-state index contributed by atoms with van der Waals surface area (Å²) in [6.45, 7) is 2.11. The van der Waals surface area contributed by atoms with E-state index in [1.165, 1.54) is 28.0 Å². The first-order valence-electron chi connectivity index (χ1n) is 8.25. The van der Waals surface area contributed by atoms with Crippen LogP contribution in [0.1, 0.15) is 27.6 Å². The Morgan fingerprint density at radius 1 is 1.15 bits per heavy atom. The van der Waals surface area contributed by atoms with E-state index in [0.29, 0.717) is 23.4 Å². The number of fused-ring (bicyclic) bond motifs is 2. The lowest BCUT2D eigenvalue weighted by Crippen LogP contribution is -2.29. The summed E-state index contributed by atoms with van der Waals surface area (Å²) in [6.07, 6.45) is 0. The van der Waals surface area contributed by atoms with Crippen LogP contribution in [-0.2, 0) is 9.53 Å². The van der Waals surface area contributed by atoms with Gasteiger partial charge in [-0.2, -0.15) is 0 Å². The van der Waals surface area contributed by atoms with Crippen LogP contribution < -0.4 is 4.90 Å². The van der Waals surface area contributed by atoms with Crippen molar-refractivity contribution in [3.05, 3.63) is 53.6 Å². The van der Waals surface area contributed by atoms with E-state index in [1.807, 2.05) is 0 Å². The van der Waals surface area contributed by atoms with Gasteiger partial charge < -0.3 is 4.74 Å². The van der Waals surface area contributed by atoms with Crippen LogP contribution in [0.2, 0.25) is 0 Å². The zero-order chi connectivity index (χ0) is 19.0. The van der Waals surface area contributed by atoms with Crippen molar-refractivity contribution in [3.63, 3.8) is 0 Å². The predicted octanol–water partition coefficient (Wildman–Crippen LogP) is 3.75. The predicted molar refractivity (Wildman–Crippen MR) is 105 cm³/mol. The molecular weight excluding hydrogens is 384 g/mol. The van der Waals surface area contributed by atoms with Gasteiger partial charge in [0.05, 0.1) is 39.4 Å². The van der Waals surface area contributed by atoms with E-state index in [9.17, 15) is 14.4 Å². The number of esters is 1. The molecule has 0 radical (unpaired) electrons. The number of amides is 2. The highest BCUT2D eigenvalue weighted by molar-refractivity contribution is 8.01. The molecule has 0 atom stereocenters. The fourth-order valence-electron chi connectivity index (χ4n) is 2.84. The number of hydrogen-bond donors (Lipinski definition) is 0. The van der Waals surface area contributed by atoms with E-state index in [1.54, 1.807) is 49.4 Å². The molecule has 1 aliphatic heterocycles. The van der Waals surface area contributed by atoms with Gasteiger partial charge in [0.1, 0.15) is 0 Å². The smallest absolute Gasteiger partial charge is 0.316 e. The lowest BCUT2D eigenvalue weighted by Gasteiger charge is -2.13. The quantitative estimate of drug-likeness (QED) is 0.370. The number of ether oxygens (including phenoxy) is 1. The van der Waals surface area contributed by atoms with Gasteiger partial charge in [-0.1, -0.05) is 23.9 Å². The molecule has 0 bridgehead atoms. The molecule has 1 aromatic heterocycles. The normalized spacial score (nSPS) is 13.3. The maximum absolute atomic E-state index is 12.6. The lowest BCUT2D eigenvalue weighted by atomic mass is 10.1. The zero-order valence-corrected chi connectivity index (χ0v) is 15.9. The van der Waals surface area contributed by atoms with E-state index in [0.717, 1.165) is 14.6 Å². The number of carbonyl (C=O) groups is 3. The van der Waals surface area contributed by atoms with Crippen molar-refractivity contribution in [2.75, 3.05) is 17.3 Å². The Bertz CT molecular complexity index is 1040. The molecule has 0 saturated carbocycles. The third-order valence-electron chi connectivity index (χ3n) is 4.02. The lowest BCUT2D eigenvalue weighted by molar-refractivity contribution is -0.139. The molecule has 27 heavy (non-hydrogen) atoms. The molecule has 0 fully saturated rings. The van der Waals surface area contributed by atoms with Crippen molar-refractivity contribution in [1.29, 1.82) is 0 Å². The number of carbonyl (C=O) groups excluding carboxylic acids is 3. The first-order chi connectivity index (χ1) is 13.1. The molecule has 4 rings (SSSR count). The molecule has 0 spiro atoms. The number of nitrogens with zero attached hydrogens (tertiary/aromatic N) is 2. The van der Waals surface area contributed by atoms with Gasteiger partial charge in [0.15, 0.2) is 4.34 Å². The van der Waals surface area contributed by atoms with Crippen molar-refractivity contribution in [1.82, 2.24) is 4.98 Å². The Balaban J connectivity index is 1.60. The third-order valence-corrected chi connectivity index (χ3v) is 6.16. The second-order valence-electron chi connectivity index (χ2n) is 5.72. The average molecular weight is 398 g/mol. The van der Waals surface area contributed by atoms with Crippen LogP contribution in [-0.4, -0.2) is 35.1 Å². The Labute approximate surface area is 163 Å². The molecule has 8 heteroatoms. The molecule has 2 amide bonds. The summed E-state index contributed by atoms with van der Waals surface area (Å²) in [7, 11) is 0. The number of thiazole rings is 1. The van der Waals surface area contributed by atoms with E-state index in [4.69, 9.17) is 4.74 Å². The van der Waals surface area contributed by atoms with Crippen molar-refractivity contribution >= 4 is 56.8 Å². The minimum atomic E-state index is -0.323. The number of aromatic nitrogens is 1. The SMILES string of the molecule is CCOC(=O)CSc1nc2ccc(N3C(=O)c4ccccc4C3=O)cc2s1. The van der Waals surface area contributed by atoms with Crippen molar-refractivity contribution in [2.45, 2.75) is 11.3 Å². The first kappa shape index (κ1) is 17.7. The van der Waals surface area contributed by atoms with Gasteiger partial charge >= 0.3 is 5.97 Å². The number of rotatable bonds is 5. The van der Waals surface area contributed by atoms with Crippen LogP contribution >= 0.6 is 23.1 Å². The van der Waals surface area contributed by atoms with Gasteiger partial charge in [0.2, 0.25) is 0 Å². The fourth-order valence-corrected chi connectivity index (χ4v) is 4.74. The Kier molecular flexibility index (Phi) is 4.67. The van der Waals surface area contributed by atoms with Gasteiger partial charge in [-0.3, -0.25) is 14.4 Å². The van der Waals surface area contributed by atoms with E-state index in [-0.39, 0.29) is 23.5 Å². The topological polar surface area (TPSA) is 76.6 Å². The molecule has 6 nitrogen and oxygen atoms in total. The number of hydrogen-bond acceptors (Lipinski definition) is 7. The van der Waals surface area contributed by atoms with Gasteiger partial charge in [-0.05, 0) is 37.3 Å². The molecule has 0 saturated heterocycles. The number of thioether (sulfide) groups is 1. The molecule has 0 N–H and O–H groups in total. The third kappa shape index (κ3) is 3.22. The Morgan fingerprint density at radius 2 is 1.85 bits per heavy atom. The number of anilines is 1. The minimum absolute atomic E-state index is 0.193.